The number of fused-ring (bicyclic) bond motifs is 1. The number of aryl methyl sites for hydroxylation is 1. The van der Waals surface area contributed by atoms with Crippen LogP contribution in [-0.2, 0) is 22.4 Å². The van der Waals surface area contributed by atoms with E-state index in [2.05, 4.69) is 23.5 Å². The average Bonchev–Trinajstić information content (AvgIpc) is 3.13. The quantitative estimate of drug-likeness (QED) is 0.854. The molecule has 1 saturated heterocycles. The van der Waals surface area contributed by atoms with Crippen LogP contribution in [0, 0.1) is 5.92 Å². The molecule has 0 bridgehead atoms. The third kappa shape index (κ3) is 2.31. The van der Waals surface area contributed by atoms with Crippen LogP contribution in [0.4, 0.5) is 4.79 Å². The van der Waals surface area contributed by atoms with Crippen molar-refractivity contribution in [2.24, 2.45) is 5.92 Å². The highest BCUT2D eigenvalue weighted by Crippen LogP contribution is 2.43. The highest BCUT2D eigenvalue weighted by molar-refractivity contribution is 5.71. The smallest absolute Gasteiger partial charge is 0.407 e. The van der Waals surface area contributed by atoms with E-state index in [-0.39, 0.29) is 17.6 Å². The normalized spacial score (nSPS) is 33.4. The van der Waals surface area contributed by atoms with Crippen LogP contribution in [0.1, 0.15) is 48.3 Å². The van der Waals surface area contributed by atoms with Crippen molar-refractivity contribution in [2.45, 2.75) is 50.0 Å². The fourth-order valence-corrected chi connectivity index (χ4v) is 4.32. The summed E-state index contributed by atoms with van der Waals surface area (Å²) >= 11 is 0. The first kappa shape index (κ1) is 13.8. The number of amides is 1. The molecule has 3 aliphatic rings. The van der Waals surface area contributed by atoms with Gasteiger partial charge in [0.25, 0.3) is 0 Å². The Hall–Kier alpha value is -1.84. The maximum atomic E-state index is 11.3. The maximum Gasteiger partial charge on any atom is 0.407 e. The van der Waals surface area contributed by atoms with Gasteiger partial charge in [-0.3, -0.25) is 0 Å². The number of ether oxygens (including phenoxy) is 1. The summed E-state index contributed by atoms with van der Waals surface area (Å²) in [5, 5.41) is 3.00. The van der Waals surface area contributed by atoms with Crippen LogP contribution in [0.5, 0.6) is 0 Å². The zero-order chi connectivity index (χ0) is 15.2. The second-order valence-electron chi connectivity index (χ2n) is 7.09. The molecule has 2 fully saturated rings. The van der Waals surface area contributed by atoms with E-state index in [0.29, 0.717) is 12.5 Å². The Morgan fingerprint density at radius 2 is 2.18 bits per heavy atom. The van der Waals surface area contributed by atoms with E-state index in [1.54, 1.807) is 0 Å². The summed E-state index contributed by atoms with van der Waals surface area (Å²) in [4.78, 5) is 22.3. The molecule has 116 valence electrons. The van der Waals surface area contributed by atoms with E-state index < -0.39 is 0 Å². The Bertz CT molecular complexity index is 627. The van der Waals surface area contributed by atoms with Gasteiger partial charge in [-0.15, -0.1) is 0 Å². The SMILES string of the molecule is O=CC1CCc2cc([C@H]3CC[C@]4(COC(=O)N4)C3)ccc2C1. The highest BCUT2D eigenvalue weighted by atomic mass is 16.6. The van der Waals surface area contributed by atoms with Crippen LogP contribution in [-0.4, -0.2) is 24.5 Å². The lowest BCUT2D eigenvalue weighted by Gasteiger charge is -2.23. The van der Waals surface area contributed by atoms with Gasteiger partial charge in [0.1, 0.15) is 12.9 Å². The third-order valence-electron chi connectivity index (χ3n) is 5.62. The molecule has 4 nitrogen and oxygen atoms in total. The highest BCUT2D eigenvalue weighted by Gasteiger charge is 2.46. The number of cyclic esters (lactones) is 1. The molecule has 1 aromatic rings. The minimum Gasteiger partial charge on any atom is -0.447 e. The first-order chi connectivity index (χ1) is 10.7. The van der Waals surface area contributed by atoms with Gasteiger partial charge in [0.2, 0.25) is 0 Å². The van der Waals surface area contributed by atoms with Crippen LogP contribution >= 0.6 is 0 Å². The molecule has 1 unspecified atom stereocenters. The van der Waals surface area contributed by atoms with Crippen molar-refractivity contribution in [2.75, 3.05) is 6.61 Å². The summed E-state index contributed by atoms with van der Waals surface area (Å²) in [7, 11) is 0. The van der Waals surface area contributed by atoms with Gasteiger partial charge in [-0.25, -0.2) is 4.79 Å². The molecule has 1 aliphatic heterocycles. The van der Waals surface area contributed by atoms with E-state index in [1.807, 2.05) is 0 Å². The predicted molar refractivity (Wildman–Crippen MR) is 81.8 cm³/mol. The van der Waals surface area contributed by atoms with Crippen LogP contribution in [0.25, 0.3) is 0 Å². The van der Waals surface area contributed by atoms with Crippen molar-refractivity contribution in [1.82, 2.24) is 5.32 Å². The Morgan fingerprint density at radius 3 is 2.95 bits per heavy atom. The van der Waals surface area contributed by atoms with Gasteiger partial charge in [-0.1, -0.05) is 18.2 Å². The molecule has 1 heterocycles. The maximum absolute atomic E-state index is 11.3. The number of carbonyl (C=O) groups is 2. The van der Waals surface area contributed by atoms with Crippen molar-refractivity contribution >= 4 is 12.4 Å². The van der Waals surface area contributed by atoms with E-state index in [4.69, 9.17) is 4.74 Å². The summed E-state index contributed by atoms with van der Waals surface area (Å²) in [6, 6.07) is 6.75. The minimum atomic E-state index is -0.272. The molecule has 1 saturated carbocycles. The summed E-state index contributed by atoms with van der Waals surface area (Å²) in [6.07, 6.45) is 6.74. The molecular weight excluding hydrogens is 278 g/mol. The third-order valence-corrected chi connectivity index (χ3v) is 5.62. The lowest BCUT2D eigenvalue weighted by Crippen LogP contribution is -2.40. The summed E-state index contributed by atoms with van der Waals surface area (Å²) in [6.45, 7) is 0.508. The largest absolute Gasteiger partial charge is 0.447 e. The summed E-state index contributed by atoms with van der Waals surface area (Å²) in [5.41, 5.74) is 3.97. The van der Waals surface area contributed by atoms with Crippen molar-refractivity contribution in [3.05, 3.63) is 34.9 Å². The van der Waals surface area contributed by atoms with E-state index >= 15 is 0 Å². The Balaban J connectivity index is 1.52. The molecule has 4 heteroatoms. The summed E-state index contributed by atoms with van der Waals surface area (Å²) in [5.74, 6) is 0.690. The molecule has 4 rings (SSSR count). The molecule has 0 radical (unpaired) electrons. The Labute approximate surface area is 130 Å². The van der Waals surface area contributed by atoms with E-state index in [0.717, 1.165) is 44.8 Å². The van der Waals surface area contributed by atoms with Gasteiger partial charge in [0.15, 0.2) is 0 Å². The van der Waals surface area contributed by atoms with Crippen LogP contribution in [0.2, 0.25) is 0 Å². The number of alkyl carbamates (subject to hydrolysis) is 1. The Kier molecular flexibility index (Phi) is 3.21. The van der Waals surface area contributed by atoms with Gasteiger partial charge in [-0.05, 0) is 61.1 Å². The van der Waals surface area contributed by atoms with Crippen LogP contribution in [0.3, 0.4) is 0 Å². The zero-order valence-electron chi connectivity index (χ0n) is 12.6. The number of nitrogens with one attached hydrogen (secondary N) is 1. The lowest BCUT2D eigenvalue weighted by atomic mass is 9.82. The number of aldehydes is 1. The zero-order valence-corrected chi connectivity index (χ0v) is 12.6. The lowest BCUT2D eigenvalue weighted by molar-refractivity contribution is -0.111. The van der Waals surface area contributed by atoms with Gasteiger partial charge in [-0.2, -0.15) is 0 Å². The van der Waals surface area contributed by atoms with Crippen molar-refractivity contribution in [1.29, 1.82) is 0 Å². The van der Waals surface area contributed by atoms with E-state index in [9.17, 15) is 9.59 Å². The molecule has 2 aliphatic carbocycles. The molecule has 1 amide bonds. The van der Waals surface area contributed by atoms with Crippen LogP contribution in [0.15, 0.2) is 18.2 Å². The second kappa shape index (κ2) is 5.11. The van der Waals surface area contributed by atoms with Crippen molar-refractivity contribution < 1.29 is 14.3 Å². The molecule has 22 heavy (non-hydrogen) atoms. The van der Waals surface area contributed by atoms with Crippen molar-refractivity contribution in [3.8, 4) is 0 Å². The molecular formula is C18H21NO3. The number of rotatable bonds is 2. The monoisotopic (exact) mass is 299 g/mol. The first-order valence-corrected chi connectivity index (χ1v) is 8.19. The molecule has 1 spiro atoms. The number of benzene rings is 1. The van der Waals surface area contributed by atoms with Crippen molar-refractivity contribution in [3.63, 3.8) is 0 Å². The Morgan fingerprint density at radius 1 is 1.27 bits per heavy atom. The molecule has 1 aromatic carbocycles. The van der Waals surface area contributed by atoms with E-state index in [1.165, 1.54) is 16.7 Å². The van der Waals surface area contributed by atoms with Gasteiger partial charge in [0.05, 0.1) is 5.54 Å². The molecule has 3 atom stereocenters. The fourth-order valence-electron chi connectivity index (χ4n) is 4.32. The molecule has 0 aromatic heterocycles. The minimum absolute atomic E-state index is 0.139. The standard InChI is InChI=1S/C18H21NO3/c20-10-12-1-2-14-8-15(4-3-13(14)7-12)16-5-6-18(9-16)11-22-17(21)19-18/h3-4,8,10,12,16H,1-2,5-7,9,11H2,(H,19,21)/t12?,16-,18+/m0/s1. The topological polar surface area (TPSA) is 55.4 Å². The van der Waals surface area contributed by atoms with Gasteiger partial charge >= 0.3 is 6.09 Å². The molecule has 1 N–H and O–H groups in total. The summed E-state index contributed by atoms with van der Waals surface area (Å²) < 4.78 is 5.11. The second-order valence-corrected chi connectivity index (χ2v) is 7.09. The first-order valence-electron chi connectivity index (χ1n) is 8.19. The van der Waals surface area contributed by atoms with Gasteiger partial charge < -0.3 is 14.8 Å². The van der Waals surface area contributed by atoms with Crippen LogP contribution < -0.4 is 5.32 Å². The fraction of sp³-hybridized carbons (Fsp3) is 0.556. The number of carbonyl (C=O) groups excluding carboxylic acids is 2. The number of hydrogen-bond donors (Lipinski definition) is 1. The van der Waals surface area contributed by atoms with Gasteiger partial charge in [0, 0.05) is 5.92 Å². The number of hydrogen-bond acceptors (Lipinski definition) is 3. The average molecular weight is 299 g/mol. The predicted octanol–water partition coefficient (Wildman–Crippen LogP) is 2.74.